The number of aryl methyl sites for hydroxylation is 1. The fraction of sp³-hybridized carbons (Fsp3) is 0.615. The van der Waals surface area contributed by atoms with Gasteiger partial charge < -0.3 is 15.0 Å². The van der Waals surface area contributed by atoms with E-state index in [1.165, 1.54) is 19.2 Å². The molecule has 0 saturated heterocycles. The number of hydrogen-bond acceptors (Lipinski definition) is 5. The van der Waals surface area contributed by atoms with Gasteiger partial charge in [0.2, 0.25) is 0 Å². The lowest BCUT2D eigenvalue weighted by Crippen LogP contribution is -2.04. The second-order valence-electron chi connectivity index (χ2n) is 4.54. The quantitative estimate of drug-likeness (QED) is 0.737. The lowest BCUT2D eigenvalue weighted by Gasteiger charge is -2.05. The number of anilines is 1. The maximum atomic E-state index is 5.74. The van der Waals surface area contributed by atoms with Crippen LogP contribution < -0.4 is 5.73 Å². The molecule has 0 amide bonds. The van der Waals surface area contributed by atoms with Crippen molar-refractivity contribution in [3.05, 3.63) is 12.7 Å². The van der Waals surface area contributed by atoms with Crippen LogP contribution >= 0.6 is 0 Å². The highest BCUT2D eigenvalue weighted by Gasteiger charge is 2.06. The average molecular weight is 263 g/mol. The molecule has 0 spiro atoms. The first-order valence-electron chi connectivity index (χ1n) is 6.82. The molecule has 6 heteroatoms. The van der Waals surface area contributed by atoms with Crippen LogP contribution in [0.4, 0.5) is 5.82 Å². The van der Waals surface area contributed by atoms with Crippen LogP contribution in [-0.2, 0) is 11.3 Å². The highest BCUT2D eigenvalue weighted by molar-refractivity contribution is 5.80. The fourth-order valence-corrected chi connectivity index (χ4v) is 1.96. The fourth-order valence-electron chi connectivity index (χ4n) is 1.96. The average Bonchev–Trinajstić information content (AvgIpc) is 2.83. The van der Waals surface area contributed by atoms with E-state index in [4.69, 9.17) is 10.5 Å². The molecule has 2 aromatic rings. The Kier molecular flexibility index (Phi) is 5.09. The number of hydrogen-bond donors (Lipinski definition) is 1. The molecule has 0 aliphatic carbocycles. The van der Waals surface area contributed by atoms with Crippen molar-refractivity contribution in [3.63, 3.8) is 0 Å². The van der Waals surface area contributed by atoms with Gasteiger partial charge in [0, 0.05) is 19.8 Å². The molecule has 0 atom stereocenters. The summed E-state index contributed by atoms with van der Waals surface area (Å²) in [4.78, 5) is 12.4. The molecule has 2 N–H and O–H groups in total. The molecule has 0 radical (unpaired) electrons. The van der Waals surface area contributed by atoms with E-state index >= 15 is 0 Å². The van der Waals surface area contributed by atoms with Crippen molar-refractivity contribution >= 4 is 17.0 Å². The first-order valence-corrected chi connectivity index (χ1v) is 6.82. The lowest BCUT2D eigenvalue weighted by atomic mass is 10.3. The topological polar surface area (TPSA) is 78.9 Å². The zero-order chi connectivity index (χ0) is 13.5. The Morgan fingerprint density at radius 1 is 1.16 bits per heavy atom. The van der Waals surface area contributed by atoms with Crippen molar-refractivity contribution in [2.45, 2.75) is 39.2 Å². The Morgan fingerprint density at radius 3 is 2.84 bits per heavy atom. The van der Waals surface area contributed by atoms with Gasteiger partial charge in [-0.05, 0) is 12.8 Å². The van der Waals surface area contributed by atoms with Gasteiger partial charge in [-0.1, -0.05) is 19.8 Å². The minimum absolute atomic E-state index is 0.430. The largest absolute Gasteiger partial charge is 0.382 e. The summed E-state index contributed by atoms with van der Waals surface area (Å²) in [6.45, 7) is 4.65. The molecule has 0 aliphatic rings. The minimum Gasteiger partial charge on any atom is -0.382 e. The van der Waals surface area contributed by atoms with Crippen LogP contribution in [-0.4, -0.2) is 32.7 Å². The molecule has 0 saturated carbocycles. The van der Waals surface area contributed by atoms with Crippen LogP contribution in [0, 0.1) is 0 Å². The van der Waals surface area contributed by atoms with Crippen LogP contribution in [0.3, 0.4) is 0 Å². The van der Waals surface area contributed by atoms with Gasteiger partial charge in [-0.2, -0.15) is 0 Å². The summed E-state index contributed by atoms with van der Waals surface area (Å²) in [6, 6.07) is 0. The summed E-state index contributed by atoms with van der Waals surface area (Å²) in [6.07, 6.45) is 7.79. The van der Waals surface area contributed by atoms with Gasteiger partial charge in [-0.25, -0.2) is 15.0 Å². The molecule has 6 nitrogen and oxygen atoms in total. The smallest absolute Gasteiger partial charge is 0.165 e. The molecular weight excluding hydrogens is 242 g/mol. The number of rotatable bonds is 8. The highest BCUT2D eigenvalue weighted by Crippen LogP contribution is 2.14. The molecular formula is C13H21N5O. The Hall–Kier alpha value is -1.69. The van der Waals surface area contributed by atoms with E-state index in [2.05, 4.69) is 21.9 Å². The normalized spacial score (nSPS) is 11.2. The van der Waals surface area contributed by atoms with Crippen LogP contribution in [0.25, 0.3) is 11.2 Å². The number of nitrogen functional groups attached to an aromatic ring is 1. The number of nitrogens with zero attached hydrogens (tertiary/aromatic N) is 4. The molecule has 0 unspecified atom stereocenters. The number of imidazole rings is 1. The van der Waals surface area contributed by atoms with E-state index in [0.29, 0.717) is 11.3 Å². The molecule has 0 fully saturated rings. The van der Waals surface area contributed by atoms with Crippen molar-refractivity contribution in [1.29, 1.82) is 0 Å². The second-order valence-corrected chi connectivity index (χ2v) is 4.54. The van der Waals surface area contributed by atoms with Crippen LogP contribution in [0.15, 0.2) is 12.7 Å². The SMILES string of the molecule is CCCCCOCCCn1cnc2c(N)ncnc21. The predicted octanol–water partition coefficient (Wildman–Crippen LogP) is 2.01. The Labute approximate surface area is 113 Å². The van der Waals surface area contributed by atoms with E-state index < -0.39 is 0 Å². The maximum absolute atomic E-state index is 5.74. The third kappa shape index (κ3) is 3.64. The van der Waals surface area contributed by atoms with Crippen molar-refractivity contribution in [2.75, 3.05) is 18.9 Å². The predicted molar refractivity (Wildman–Crippen MR) is 74.7 cm³/mol. The van der Waals surface area contributed by atoms with Crippen LogP contribution in [0.2, 0.25) is 0 Å². The van der Waals surface area contributed by atoms with E-state index in [-0.39, 0.29) is 0 Å². The van der Waals surface area contributed by atoms with E-state index in [0.717, 1.165) is 38.2 Å². The van der Waals surface area contributed by atoms with E-state index in [1.807, 2.05) is 4.57 Å². The summed E-state index contributed by atoms with van der Waals surface area (Å²) < 4.78 is 7.57. The van der Waals surface area contributed by atoms with Gasteiger partial charge in [0.05, 0.1) is 6.33 Å². The van der Waals surface area contributed by atoms with Gasteiger partial charge in [0.15, 0.2) is 11.5 Å². The standard InChI is InChI=1S/C13H21N5O/c1-2-3-4-7-19-8-5-6-18-10-17-11-12(14)15-9-16-13(11)18/h9-10H,2-8H2,1H3,(H2,14,15,16). The van der Waals surface area contributed by atoms with Gasteiger partial charge in [0.25, 0.3) is 0 Å². The summed E-state index contributed by atoms with van der Waals surface area (Å²) in [5.74, 6) is 0.430. The molecule has 0 aliphatic heterocycles. The molecule has 104 valence electrons. The van der Waals surface area contributed by atoms with Gasteiger partial charge in [0.1, 0.15) is 11.8 Å². The first-order chi connectivity index (χ1) is 9.33. The van der Waals surface area contributed by atoms with Crippen LogP contribution in [0.1, 0.15) is 32.6 Å². The highest BCUT2D eigenvalue weighted by atomic mass is 16.5. The number of fused-ring (bicyclic) bond motifs is 1. The van der Waals surface area contributed by atoms with Crippen molar-refractivity contribution in [2.24, 2.45) is 0 Å². The van der Waals surface area contributed by atoms with E-state index in [9.17, 15) is 0 Å². The zero-order valence-electron chi connectivity index (χ0n) is 11.4. The summed E-state index contributed by atoms with van der Waals surface area (Å²) in [5.41, 5.74) is 7.20. The Balaban J connectivity index is 1.77. The molecule has 0 bridgehead atoms. The maximum Gasteiger partial charge on any atom is 0.165 e. The summed E-state index contributed by atoms with van der Waals surface area (Å²) >= 11 is 0. The van der Waals surface area contributed by atoms with Gasteiger partial charge in [-0.15, -0.1) is 0 Å². The Bertz CT molecular complexity index is 511. The summed E-state index contributed by atoms with van der Waals surface area (Å²) in [5, 5.41) is 0. The summed E-state index contributed by atoms with van der Waals surface area (Å²) in [7, 11) is 0. The number of unbranched alkanes of at least 4 members (excludes halogenated alkanes) is 2. The van der Waals surface area contributed by atoms with Crippen molar-refractivity contribution in [1.82, 2.24) is 19.5 Å². The molecule has 19 heavy (non-hydrogen) atoms. The second kappa shape index (κ2) is 7.04. The first kappa shape index (κ1) is 13.7. The number of ether oxygens (including phenoxy) is 1. The molecule has 2 heterocycles. The van der Waals surface area contributed by atoms with Crippen molar-refractivity contribution < 1.29 is 4.74 Å². The Morgan fingerprint density at radius 2 is 2.00 bits per heavy atom. The lowest BCUT2D eigenvalue weighted by molar-refractivity contribution is 0.125. The molecule has 2 rings (SSSR count). The number of nitrogens with two attached hydrogens (primary N) is 1. The number of aromatic nitrogens is 4. The third-order valence-corrected chi connectivity index (χ3v) is 3.01. The van der Waals surface area contributed by atoms with Gasteiger partial charge >= 0.3 is 0 Å². The minimum atomic E-state index is 0.430. The molecule has 2 aromatic heterocycles. The zero-order valence-corrected chi connectivity index (χ0v) is 11.4. The molecule has 0 aromatic carbocycles. The van der Waals surface area contributed by atoms with Crippen molar-refractivity contribution in [3.8, 4) is 0 Å². The van der Waals surface area contributed by atoms with Crippen LogP contribution in [0.5, 0.6) is 0 Å². The van der Waals surface area contributed by atoms with E-state index in [1.54, 1.807) is 6.33 Å². The van der Waals surface area contributed by atoms with Gasteiger partial charge in [-0.3, -0.25) is 0 Å². The monoisotopic (exact) mass is 263 g/mol. The third-order valence-electron chi connectivity index (χ3n) is 3.01.